The molecule has 0 unspecified atom stereocenters. The predicted molar refractivity (Wildman–Crippen MR) is 70.6 cm³/mol. The molecule has 2 aromatic rings. The quantitative estimate of drug-likeness (QED) is 0.623. The zero-order chi connectivity index (χ0) is 14.0. The lowest BCUT2D eigenvalue weighted by Gasteiger charge is -2.08. The molecule has 2 rings (SSSR count). The number of hydrogen-bond acceptors (Lipinski definition) is 4. The molecular formula is C14H13NO4. The molecule has 5 nitrogen and oxygen atoms in total. The third-order valence-corrected chi connectivity index (χ3v) is 2.62. The molecule has 0 aliphatic carbocycles. The lowest BCUT2D eigenvalue weighted by molar-refractivity contribution is 0.102. The molecule has 0 saturated heterocycles. The summed E-state index contributed by atoms with van der Waals surface area (Å²) < 4.78 is 0. The van der Waals surface area contributed by atoms with E-state index in [1.54, 1.807) is 19.1 Å². The molecule has 2 aromatic carbocycles. The van der Waals surface area contributed by atoms with Gasteiger partial charge in [0.05, 0.1) is 0 Å². The Labute approximate surface area is 109 Å². The van der Waals surface area contributed by atoms with Crippen molar-refractivity contribution in [1.82, 2.24) is 0 Å². The van der Waals surface area contributed by atoms with Gasteiger partial charge in [-0.15, -0.1) is 0 Å². The number of phenolic OH excluding ortho intramolecular Hbond substituents is 3. The number of nitrogens with one attached hydrogen (secondary N) is 1. The monoisotopic (exact) mass is 259 g/mol. The number of carbonyl (C=O) groups is 1. The van der Waals surface area contributed by atoms with E-state index in [0.717, 1.165) is 6.07 Å². The largest absolute Gasteiger partial charge is 0.508 e. The first kappa shape index (κ1) is 12.8. The number of rotatable bonds is 2. The minimum Gasteiger partial charge on any atom is -0.508 e. The van der Waals surface area contributed by atoms with Crippen LogP contribution < -0.4 is 5.32 Å². The molecule has 0 bridgehead atoms. The van der Waals surface area contributed by atoms with Gasteiger partial charge < -0.3 is 20.6 Å². The average Bonchev–Trinajstić information content (AvgIpc) is 2.32. The van der Waals surface area contributed by atoms with Crippen molar-refractivity contribution in [2.75, 3.05) is 5.32 Å². The minimum absolute atomic E-state index is 0.142. The van der Waals surface area contributed by atoms with E-state index >= 15 is 0 Å². The van der Waals surface area contributed by atoms with Crippen LogP contribution in [0.1, 0.15) is 15.9 Å². The Kier molecular flexibility index (Phi) is 3.29. The summed E-state index contributed by atoms with van der Waals surface area (Å²) >= 11 is 0. The molecule has 0 saturated carbocycles. The van der Waals surface area contributed by atoms with Crippen LogP contribution in [0.5, 0.6) is 17.2 Å². The second-order valence-corrected chi connectivity index (χ2v) is 4.19. The number of amides is 1. The zero-order valence-corrected chi connectivity index (χ0v) is 10.2. The van der Waals surface area contributed by atoms with E-state index in [9.17, 15) is 20.1 Å². The van der Waals surface area contributed by atoms with Gasteiger partial charge in [-0.05, 0) is 42.8 Å². The van der Waals surface area contributed by atoms with Crippen LogP contribution in [-0.2, 0) is 0 Å². The van der Waals surface area contributed by atoms with Gasteiger partial charge >= 0.3 is 0 Å². The fourth-order valence-corrected chi connectivity index (χ4v) is 1.66. The molecule has 19 heavy (non-hydrogen) atoms. The fourth-order valence-electron chi connectivity index (χ4n) is 1.66. The first-order valence-electron chi connectivity index (χ1n) is 5.60. The first-order chi connectivity index (χ1) is 8.95. The van der Waals surface area contributed by atoms with Crippen molar-refractivity contribution in [1.29, 1.82) is 0 Å². The van der Waals surface area contributed by atoms with Gasteiger partial charge in [0.2, 0.25) is 0 Å². The molecular weight excluding hydrogens is 246 g/mol. The highest BCUT2D eigenvalue weighted by Crippen LogP contribution is 2.23. The Bertz CT molecular complexity index is 617. The van der Waals surface area contributed by atoms with E-state index in [1.165, 1.54) is 18.2 Å². The Morgan fingerprint density at radius 2 is 1.63 bits per heavy atom. The number of benzene rings is 2. The number of anilines is 1. The third kappa shape index (κ3) is 2.95. The van der Waals surface area contributed by atoms with Crippen molar-refractivity contribution < 1.29 is 20.1 Å². The van der Waals surface area contributed by atoms with Gasteiger partial charge in [0.25, 0.3) is 5.91 Å². The fraction of sp³-hybridized carbons (Fsp3) is 0.0714. The third-order valence-electron chi connectivity index (χ3n) is 2.62. The molecule has 98 valence electrons. The van der Waals surface area contributed by atoms with E-state index in [4.69, 9.17) is 0 Å². The van der Waals surface area contributed by atoms with E-state index in [-0.39, 0.29) is 22.8 Å². The normalized spacial score (nSPS) is 10.2. The summed E-state index contributed by atoms with van der Waals surface area (Å²) in [6, 6.07) is 8.30. The topological polar surface area (TPSA) is 89.8 Å². The Balaban J connectivity index is 2.22. The lowest BCUT2D eigenvalue weighted by Crippen LogP contribution is -2.11. The molecule has 0 radical (unpaired) electrons. The molecule has 5 heteroatoms. The van der Waals surface area contributed by atoms with Gasteiger partial charge in [0.1, 0.15) is 17.2 Å². The first-order valence-corrected chi connectivity index (χ1v) is 5.60. The van der Waals surface area contributed by atoms with Crippen LogP contribution in [0, 0.1) is 6.92 Å². The summed E-state index contributed by atoms with van der Waals surface area (Å²) in [5.41, 5.74) is 1.29. The summed E-state index contributed by atoms with van der Waals surface area (Å²) in [6.45, 7) is 1.71. The second-order valence-electron chi connectivity index (χ2n) is 4.19. The number of aryl methyl sites for hydroxylation is 1. The van der Waals surface area contributed by atoms with E-state index in [1.807, 2.05) is 0 Å². The summed E-state index contributed by atoms with van der Waals surface area (Å²) in [7, 11) is 0. The van der Waals surface area contributed by atoms with E-state index < -0.39 is 5.91 Å². The van der Waals surface area contributed by atoms with Crippen molar-refractivity contribution in [3.8, 4) is 17.2 Å². The van der Waals surface area contributed by atoms with Crippen LogP contribution in [0.3, 0.4) is 0 Å². The van der Waals surface area contributed by atoms with Crippen LogP contribution in [-0.4, -0.2) is 21.2 Å². The zero-order valence-electron chi connectivity index (χ0n) is 10.2. The average molecular weight is 259 g/mol. The van der Waals surface area contributed by atoms with Crippen LogP contribution in [0.2, 0.25) is 0 Å². The van der Waals surface area contributed by atoms with Gasteiger partial charge in [-0.1, -0.05) is 0 Å². The van der Waals surface area contributed by atoms with Gasteiger partial charge in [0, 0.05) is 17.3 Å². The molecule has 4 N–H and O–H groups in total. The summed E-state index contributed by atoms with van der Waals surface area (Å²) in [6.07, 6.45) is 0. The van der Waals surface area contributed by atoms with Crippen LogP contribution >= 0.6 is 0 Å². The van der Waals surface area contributed by atoms with E-state index in [2.05, 4.69) is 5.32 Å². The second kappa shape index (κ2) is 4.89. The smallest absolute Gasteiger partial charge is 0.255 e. The number of hydrogen-bond donors (Lipinski definition) is 4. The molecule has 0 heterocycles. The minimum atomic E-state index is -0.462. The summed E-state index contributed by atoms with van der Waals surface area (Å²) in [5.74, 6) is -0.691. The Morgan fingerprint density at radius 3 is 2.21 bits per heavy atom. The molecule has 0 aliphatic heterocycles. The highest BCUT2D eigenvalue weighted by atomic mass is 16.3. The van der Waals surface area contributed by atoms with Gasteiger partial charge in [-0.2, -0.15) is 0 Å². The maximum Gasteiger partial charge on any atom is 0.255 e. The number of aromatic hydroxyl groups is 3. The highest BCUT2D eigenvalue weighted by Gasteiger charge is 2.09. The van der Waals surface area contributed by atoms with Gasteiger partial charge in [-0.3, -0.25) is 4.79 Å². The number of carbonyl (C=O) groups excluding carboxylic acids is 1. The Hall–Kier alpha value is -2.69. The van der Waals surface area contributed by atoms with Crippen molar-refractivity contribution in [2.24, 2.45) is 0 Å². The van der Waals surface area contributed by atoms with Crippen LogP contribution in [0.15, 0.2) is 36.4 Å². The highest BCUT2D eigenvalue weighted by molar-refractivity contribution is 6.04. The maximum atomic E-state index is 11.9. The Morgan fingerprint density at radius 1 is 1.00 bits per heavy atom. The molecule has 0 fully saturated rings. The van der Waals surface area contributed by atoms with E-state index in [0.29, 0.717) is 11.3 Å². The lowest BCUT2D eigenvalue weighted by atomic mass is 10.1. The van der Waals surface area contributed by atoms with Gasteiger partial charge in [0.15, 0.2) is 0 Å². The van der Waals surface area contributed by atoms with Crippen LogP contribution in [0.25, 0.3) is 0 Å². The van der Waals surface area contributed by atoms with Crippen LogP contribution in [0.4, 0.5) is 5.69 Å². The molecule has 1 amide bonds. The maximum absolute atomic E-state index is 11.9. The molecule has 0 atom stereocenters. The molecule has 0 aliphatic rings. The number of phenols is 3. The van der Waals surface area contributed by atoms with Crippen molar-refractivity contribution >= 4 is 11.6 Å². The van der Waals surface area contributed by atoms with Crippen molar-refractivity contribution in [2.45, 2.75) is 6.92 Å². The van der Waals surface area contributed by atoms with Crippen molar-refractivity contribution in [3.05, 3.63) is 47.5 Å². The van der Waals surface area contributed by atoms with Gasteiger partial charge in [-0.25, -0.2) is 0 Å². The predicted octanol–water partition coefficient (Wildman–Crippen LogP) is 2.36. The summed E-state index contributed by atoms with van der Waals surface area (Å²) in [5, 5.41) is 30.6. The standard InChI is InChI=1S/C14H13NO4/c1-8-4-10(2-3-13(8)18)15-14(19)9-5-11(16)7-12(17)6-9/h2-7,16-18H,1H3,(H,15,19). The molecule has 0 spiro atoms. The molecule has 0 aromatic heterocycles. The SMILES string of the molecule is Cc1cc(NC(=O)c2cc(O)cc(O)c2)ccc1O. The summed E-state index contributed by atoms with van der Waals surface area (Å²) in [4.78, 5) is 11.9. The van der Waals surface area contributed by atoms with Crippen molar-refractivity contribution in [3.63, 3.8) is 0 Å².